The van der Waals surface area contributed by atoms with Gasteiger partial charge in [0.1, 0.15) is 0 Å². The number of hydrogen-bond acceptors (Lipinski definition) is 6. The number of imidazole rings is 1. The number of rotatable bonds is 8. The van der Waals surface area contributed by atoms with Crippen LogP contribution >= 0.6 is 23.7 Å². The minimum Gasteiger partial charge on any atom is -0.337 e. The quantitative estimate of drug-likeness (QED) is 0.193. The summed E-state index contributed by atoms with van der Waals surface area (Å²) in [6.45, 7) is 3.24. The third kappa shape index (κ3) is 5.82. The third-order valence-electron chi connectivity index (χ3n) is 4.99. The van der Waals surface area contributed by atoms with Crippen LogP contribution in [0.25, 0.3) is 16.3 Å². The highest BCUT2D eigenvalue weighted by molar-refractivity contribution is 7.22. The Balaban J connectivity index is 0.00000306. The fraction of sp³-hybridized carbons (Fsp3) is 0.174. The first kappa shape index (κ1) is 24.1. The highest BCUT2D eigenvalue weighted by Gasteiger charge is 2.18. The Hall–Kier alpha value is -3.56. The lowest BCUT2D eigenvalue weighted by Gasteiger charge is -2.18. The van der Waals surface area contributed by atoms with Gasteiger partial charge in [-0.3, -0.25) is 19.8 Å². The van der Waals surface area contributed by atoms with Crippen molar-refractivity contribution in [3.8, 4) is 0 Å². The van der Waals surface area contributed by atoms with Crippen LogP contribution in [0.5, 0.6) is 0 Å². The van der Waals surface area contributed by atoms with E-state index < -0.39 is 4.92 Å². The van der Waals surface area contributed by atoms with Crippen molar-refractivity contribution in [2.24, 2.45) is 0 Å². The second kappa shape index (κ2) is 10.8. The zero-order chi connectivity index (χ0) is 22.5. The highest BCUT2D eigenvalue weighted by atomic mass is 35.5. The summed E-state index contributed by atoms with van der Waals surface area (Å²) in [4.78, 5) is 34.0. The van der Waals surface area contributed by atoms with E-state index in [1.54, 1.807) is 35.6 Å². The molecule has 0 saturated carbocycles. The van der Waals surface area contributed by atoms with Crippen molar-refractivity contribution in [1.29, 1.82) is 0 Å². The molecule has 8 nitrogen and oxygen atoms in total. The number of para-hydroxylation sites is 1. The van der Waals surface area contributed by atoms with Crippen LogP contribution in [0.15, 0.2) is 67.3 Å². The molecule has 1 amide bonds. The highest BCUT2D eigenvalue weighted by Crippen LogP contribution is 2.31. The summed E-state index contributed by atoms with van der Waals surface area (Å²) in [6.07, 6.45) is 9.25. The van der Waals surface area contributed by atoms with Crippen LogP contribution in [0, 0.1) is 17.0 Å². The smallest absolute Gasteiger partial charge is 0.269 e. The average Bonchev–Trinajstić information content (AvgIpc) is 3.46. The van der Waals surface area contributed by atoms with Crippen molar-refractivity contribution in [3.05, 3.63) is 88.5 Å². The van der Waals surface area contributed by atoms with E-state index in [1.165, 1.54) is 29.5 Å². The Morgan fingerprint density at radius 3 is 2.70 bits per heavy atom. The van der Waals surface area contributed by atoms with Gasteiger partial charge in [-0.15, -0.1) is 12.4 Å². The van der Waals surface area contributed by atoms with Crippen molar-refractivity contribution in [1.82, 2.24) is 14.5 Å². The molecule has 0 aliphatic carbocycles. The number of benzene rings is 2. The van der Waals surface area contributed by atoms with E-state index >= 15 is 0 Å². The maximum Gasteiger partial charge on any atom is 0.269 e. The van der Waals surface area contributed by atoms with Gasteiger partial charge in [-0.1, -0.05) is 23.5 Å². The number of carbonyl (C=O) groups excluding carboxylic acids is 1. The van der Waals surface area contributed by atoms with Crippen molar-refractivity contribution in [3.63, 3.8) is 0 Å². The van der Waals surface area contributed by atoms with Gasteiger partial charge < -0.3 is 4.57 Å². The Morgan fingerprint density at radius 1 is 1.24 bits per heavy atom. The minimum atomic E-state index is -0.449. The Kier molecular flexibility index (Phi) is 7.92. The zero-order valence-corrected chi connectivity index (χ0v) is 19.5. The summed E-state index contributed by atoms with van der Waals surface area (Å²) >= 11 is 1.49. The molecule has 0 aliphatic rings. The molecule has 0 fully saturated rings. The molecule has 0 atom stereocenters. The van der Waals surface area contributed by atoms with Gasteiger partial charge in [0.25, 0.3) is 11.6 Å². The van der Waals surface area contributed by atoms with E-state index in [1.807, 2.05) is 35.9 Å². The van der Waals surface area contributed by atoms with Gasteiger partial charge in [0.05, 0.1) is 21.5 Å². The molecule has 0 spiro atoms. The number of anilines is 1. The van der Waals surface area contributed by atoms with Gasteiger partial charge in [-0.2, -0.15) is 0 Å². The van der Waals surface area contributed by atoms with Crippen LogP contribution < -0.4 is 4.90 Å². The number of carbonyl (C=O) groups is 1. The Morgan fingerprint density at radius 2 is 2.03 bits per heavy atom. The molecule has 33 heavy (non-hydrogen) atoms. The minimum absolute atomic E-state index is 0. The van der Waals surface area contributed by atoms with Gasteiger partial charge in [-0.05, 0) is 48.7 Å². The number of nitro groups is 1. The molecule has 0 radical (unpaired) electrons. The number of hydrogen-bond donors (Lipinski definition) is 0. The van der Waals surface area contributed by atoms with Crippen LogP contribution in [0.4, 0.5) is 10.8 Å². The maximum absolute atomic E-state index is 13.1. The Bertz CT molecular complexity index is 1270. The molecule has 4 aromatic rings. The van der Waals surface area contributed by atoms with Crippen molar-refractivity contribution in [2.75, 3.05) is 11.4 Å². The molecular formula is C23H22ClN5O3S. The molecule has 0 aliphatic heterocycles. The molecule has 0 bridgehead atoms. The van der Waals surface area contributed by atoms with E-state index in [0.717, 1.165) is 28.7 Å². The summed E-state index contributed by atoms with van der Waals surface area (Å²) < 4.78 is 3.00. The fourth-order valence-corrected chi connectivity index (χ4v) is 4.36. The number of nitrogens with zero attached hydrogens (tertiary/aromatic N) is 5. The lowest BCUT2D eigenvalue weighted by atomic mass is 10.2. The fourth-order valence-electron chi connectivity index (χ4n) is 3.29. The first-order valence-electron chi connectivity index (χ1n) is 10.1. The van der Waals surface area contributed by atoms with E-state index in [9.17, 15) is 14.9 Å². The van der Waals surface area contributed by atoms with Gasteiger partial charge in [0, 0.05) is 43.7 Å². The number of halogens is 1. The average molecular weight is 484 g/mol. The van der Waals surface area contributed by atoms with Crippen molar-refractivity contribution in [2.45, 2.75) is 19.9 Å². The number of fused-ring (bicyclic) bond motifs is 1. The number of aromatic nitrogens is 3. The van der Waals surface area contributed by atoms with Gasteiger partial charge in [-0.25, -0.2) is 9.97 Å². The van der Waals surface area contributed by atoms with E-state index in [2.05, 4.69) is 4.98 Å². The van der Waals surface area contributed by atoms with Crippen LogP contribution in [-0.2, 0) is 11.3 Å². The summed E-state index contributed by atoms with van der Waals surface area (Å²) in [5, 5.41) is 11.5. The number of nitro benzene ring substituents is 1. The summed E-state index contributed by atoms with van der Waals surface area (Å²) in [6, 6.07) is 12.1. The van der Waals surface area contributed by atoms with E-state index in [0.29, 0.717) is 17.2 Å². The lowest BCUT2D eigenvalue weighted by Crippen LogP contribution is -2.30. The second-order valence-electron chi connectivity index (χ2n) is 7.24. The van der Waals surface area contributed by atoms with Crippen molar-refractivity contribution >= 4 is 56.8 Å². The van der Waals surface area contributed by atoms with E-state index in [-0.39, 0.29) is 24.0 Å². The molecule has 2 aromatic heterocycles. The monoisotopic (exact) mass is 483 g/mol. The Labute approximate surface area is 200 Å². The molecule has 0 unspecified atom stereocenters. The molecule has 2 heterocycles. The largest absolute Gasteiger partial charge is 0.337 e. The molecule has 170 valence electrons. The maximum atomic E-state index is 13.1. The van der Waals surface area contributed by atoms with Crippen molar-refractivity contribution < 1.29 is 9.72 Å². The third-order valence-corrected chi connectivity index (χ3v) is 6.03. The van der Waals surface area contributed by atoms with Gasteiger partial charge >= 0.3 is 0 Å². The van der Waals surface area contributed by atoms with E-state index in [4.69, 9.17) is 4.98 Å². The molecule has 2 aromatic carbocycles. The summed E-state index contributed by atoms with van der Waals surface area (Å²) in [7, 11) is 0. The topological polar surface area (TPSA) is 94.2 Å². The second-order valence-corrected chi connectivity index (χ2v) is 8.25. The predicted octanol–water partition coefficient (Wildman–Crippen LogP) is 5.27. The molecule has 4 rings (SSSR count). The van der Waals surface area contributed by atoms with Crippen LogP contribution in [0.3, 0.4) is 0 Å². The summed E-state index contributed by atoms with van der Waals surface area (Å²) in [5.74, 6) is -0.189. The van der Waals surface area contributed by atoms with Crippen LogP contribution in [0.1, 0.15) is 17.5 Å². The van der Waals surface area contributed by atoms with Crippen LogP contribution in [-0.4, -0.2) is 31.9 Å². The number of thiazole rings is 1. The van der Waals surface area contributed by atoms with Gasteiger partial charge in [0.2, 0.25) is 0 Å². The summed E-state index contributed by atoms with van der Waals surface area (Å²) in [5.41, 5.74) is 2.69. The molecule has 0 saturated heterocycles. The SMILES string of the molecule is Cc1cccc2sc(N(CCCn3ccnc3)C(=O)/C=C/c3ccc([N+](=O)[O-])cc3)nc12.Cl. The first-order valence-corrected chi connectivity index (χ1v) is 10.9. The first-order chi connectivity index (χ1) is 15.5. The molecular weight excluding hydrogens is 462 g/mol. The number of aryl methyl sites for hydroxylation is 2. The number of amides is 1. The molecule has 0 N–H and O–H groups in total. The zero-order valence-electron chi connectivity index (χ0n) is 17.8. The predicted molar refractivity (Wildman–Crippen MR) is 133 cm³/mol. The van der Waals surface area contributed by atoms with Gasteiger partial charge in [0.15, 0.2) is 5.13 Å². The molecule has 10 heteroatoms. The standard InChI is InChI=1S/C23H21N5O3S.ClH/c1-17-4-2-5-20-22(17)25-23(32-20)27(14-3-13-26-15-12-24-16-26)21(29)11-8-18-6-9-19(10-7-18)28(30)31;/h2,4-12,15-16H,3,13-14H2,1H3;1H/b11-8+;. The van der Waals surface area contributed by atoms with Crippen LogP contribution in [0.2, 0.25) is 0 Å². The number of non-ortho nitro benzene ring substituents is 1. The lowest BCUT2D eigenvalue weighted by molar-refractivity contribution is -0.384. The normalized spacial score (nSPS) is 10.9.